The molecule has 10 heteroatoms. The molecule has 0 saturated carbocycles. The lowest BCUT2D eigenvalue weighted by Crippen LogP contribution is -2.51. The molecule has 0 fully saturated rings. The molecule has 2 aromatic carbocycles. The number of allylic oxidation sites excluding steroid dienone is 2. The van der Waals surface area contributed by atoms with E-state index in [2.05, 4.69) is 16.0 Å². The zero-order valence-corrected chi connectivity index (χ0v) is 25.7. The summed E-state index contributed by atoms with van der Waals surface area (Å²) in [6.45, 7) is 5.60. The first-order valence-electron chi connectivity index (χ1n) is 14.3. The third-order valence-corrected chi connectivity index (χ3v) is 5.92. The molecular weight excluding hydrogens is 548 g/mol. The minimum Gasteiger partial charge on any atom is -0.445 e. The average molecular weight is 593 g/mol. The van der Waals surface area contributed by atoms with Crippen LogP contribution in [-0.4, -0.2) is 67.2 Å². The van der Waals surface area contributed by atoms with Crippen molar-refractivity contribution >= 4 is 24.0 Å². The minimum atomic E-state index is -0.922. The van der Waals surface area contributed by atoms with E-state index >= 15 is 0 Å². The van der Waals surface area contributed by atoms with Crippen LogP contribution >= 0.6 is 0 Å². The molecule has 43 heavy (non-hydrogen) atoms. The number of hydrogen-bond acceptors (Lipinski definition) is 6. The topological polar surface area (TPSA) is 126 Å². The number of nitrogens with one attached hydrogen (secondary N) is 3. The molecular formula is C33H44N4O6. The zero-order chi connectivity index (χ0) is 31.7. The maximum absolute atomic E-state index is 13.5. The third-order valence-electron chi connectivity index (χ3n) is 5.92. The van der Waals surface area contributed by atoms with Crippen molar-refractivity contribution in [2.45, 2.75) is 64.3 Å². The molecule has 2 aromatic rings. The molecule has 0 unspecified atom stereocenters. The lowest BCUT2D eigenvalue weighted by atomic mass is 10.0. The van der Waals surface area contributed by atoms with Crippen LogP contribution < -0.4 is 16.0 Å². The van der Waals surface area contributed by atoms with Gasteiger partial charge in [-0.25, -0.2) is 9.59 Å². The Morgan fingerprint density at radius 1 is 0.860 bits per heavy atom. The highest BCUT2D eigenvalue weighted by atomic mass is 16.6. The van der Waals surface area contributed by atoms with Gasteiger partial charge in [0.05, 0.1) is 6.04 Å². The van der Waals surface area contributed by atoms with E-state index in [1.54, 1.807) is 53.1 Å². The van der Waals surface area contributed by atoms with Crippen LogP contribution in [0.3, 0.4) is 0 Å². The Balaban J connectivity index is 2.05. The van der Waals surface area contributed by atoms with E-state index in [9.17, 15) is 19.2 Å². The van der Waals surface area contributed by atoms with Crippen molar-refractivity contribution < 1.29 is 28.7 Å². The number of alkyl carbamates (subject to hydrolysis) is 2. The zero-order valence-electron chi connectivity index (χ0n) is 25.7. The van der Waals surface area contributed by atoms with Crippen LogP contribution in [0.5, 0.6) is 0 Å². The Kier molecular flexibility index (Phi) is 14.5. The summed E-state index contributed by atoms with van der Waals surface area (Å²) >= 11 is 0. The number of amides is 4. The van der Waals surface area contributed by atoms with E-state index in [1.165, 1.54) is 11.0 Å². The van der Waals surface area contributed by atoms with Gasteiger partial charge in [0.2, 0.25) is 11.8 Å². The van der Waals surface area contributed by atoms with Crippen LogP contribution in [0, 0.1) is 0 Å². The monoisotopic (exact) mass is 592 g/mol. The molecule has 232 valence electrons. The maximum Gasteiger partial charge on any atom is 0.408 e. The van der Waals surface area contributed by atoms with E-state index in [0.717, 1.165) is 11.1 Å². The molecule has 0 bridgehead atoms. The van der Waals surface area contributed by atoms with E-state index < -0.39 is 35.8 Å². The lowest BCUT2D eigenvalue weighted by Gasteiger charge is -2.25. The van der Waals surface area contributed by atoms with Crippen molar-refractivity contribution in [2.24, 2.45) is 0 Å². The Bertz CT molecular complexity index is 1220. The number of benzene rings is 2. The van der Waals surface area contributed by atoms with Crippen LogP contribution in [0.25, 0.3) is 0 Å². The summed E-state index contributed by atoms with van der Waals surface area (Å²) in [5.74, 6) is -0.566. The summed E-state index contributed by atoms with van der Waals surface area (Å²) in [5.41, 5.74) is 1.12. The lowest BCUT2D eigenvalue weighted by molar-refractivity contribution is -0.124. The summed E-state index contributed by atoms with van der Waals surface area (Å²) in [4.78, 5) is 51.5. The van der Waals surface area contributed by atoms with Crippen molar-refractivity contribution in [2.75, 3.05) is 20.6 Å². The standard InChI is InChI=1S/C33H44N4O6/c1-33(2,3)43-32(41)36-28(20-14-22-34-31(40)42-24-26-17-10-7-11-18-26)30(39)35-27(23-25-15-8-6-9-16-25)19-12-13-21-29(38)37(4)5/h6-13,15-19,21,27-28H,14,20,22-24H2,1-5H3,(H,34,40)(H,35,39)(H,36,41)/b19-12+,21-13+/t27-,28+/m1/s1. The number of hydrogen-bond donors (Lipinski definition) is 3. The van der Waals surface area contributed by atoms with Crippen LogP contribution in [0.15, 0.2) is 85.0 Å². The Labute approximate surface area is 254 Å². The summed E-state index contributed by atoms with van der Waals surface area (Å²) < 4.78 is 10.6. The quantitative estimate of drug-likeness (QED) is 0.168. The first kappa shape index (κ1) is 34.6. The number of carbonyl (C=O) groups excluding carboxylic acids is 4. The molecule has 0 aliphatic carbocycles. The predicted molar refractivity (Wildman–Crippen MR) is 166 cm³/mol. The third kappa shape index (κ3) is 15.3. The average Bonchev–Trinajstić information content (AvgIpc) is 2.95. The Hall–Kier alpha value is -4.60. The molecule has 2 rings (SSSR count). The van der Waals surface area contributed by atoms with Gasteiger partial charge in [0, 0.05) is 26.7 Å². The van der Waals surface area contributed by atoms with Crippen molar-refractivity contribution in [3.63, 3.8) is 0 Å². The number of carbonyl (C=O) groups is 4. The molecule has 0 spiro atoms. The van der Waals surface area contributed by atoms with Gasteiger partial charge in [0.1, 0.15) is 18.2 Å². The minimum absolute atomic E-state index is 0.146. The molecule has 0 radical (unpaired) electrons. The van der Waals surface area contributed by atoms with Gasteiger partial charge in [-0.3, -0.25) is 9.59 Å². The number of ether oxygens (including phenoxy) is 2. The normalized spacial score (nSPS) is 12.8. The van der Waals surface area contributed by atoms with Gasteiger partial charge in [-0.05, 0) is 51.2 Å². The highest BCUT2D eigenvalue weighted by Crippen LogP contribution is 2.10. The second-order valence-corrected chi connectivity index (χ2v) is 11.1. The SMILES string of the molecule is CN(C)C(=O)/C=C/C=C/[C@H](Cc1ccccc1)NC(=O)[C@H](CCCNC(=O)OCc1ccccc1)NC(=O)OC(C)(C)C. The first-order chi connectivity index (χ1) is 20.4. The van der Waals surface area contributed by atoms with Gasteiger partial charge >= 0.3 is 12.2 Å². The van der Waals surface area contributed by atoms with Crippen molar-refractivity contribution in [1.82, 2.24) is 20.9 Å². The van der Waals surface area contributed by atoms with Crippen LogP contribution in [0.1, 0.15) is 44.7 Å². The van der Waals surface area contributed by atoms with Crippen molar-refractivity contribution in [3.05, 3.63) is 96.1 Å². The van der Waals surface area contributed by atoms with Crippen LogP contribution in [-0.2, 0) is 32.1 Å². The fraction of sp³-hybridized carbons (Fsp3) is 0.394. The fourth-order valence-electron chi connectivity index (χ4n) is 3.79. The highest BCUT2D eigenvalue weighted by molar-refractivity contribution is 5.87. The van der Waals surface area contributed by atoms with E-state index in [0.29, 0.717) is 12.8 Å². The molecule has 0 aliphatic heterocycles. The number of nitrogens with zero attached hydrogens (tertiary/aromatic N) is 1. The molecule has 4 amide bonds. The molecule has 0 aromatic heterocycles. The summed E-state index contributed by atoms with van der Waals surface area (Å²) in [7, 11) is 3.33. The molecule has 3 N–H and O–H groups in total. The second kappa shape index (κ2) is 18.0. The summed E-state index contributed by atoms with van der Waals surface area (Å²) in [5, 5.41) is 8.34. The van der Waals surface area contributed by atoms with E-state index in [4.69, 9.17) is 9.47 Å². The molecule has 2 atom stereocenters. The van der Waals surface area contributed by atoms with Gasteiger partial charge in [0.15, 0.2) is 0 Å². The van der Waals surface area contributed by atoms with Crippen LogP contribution in [0.4, 0.5) is 9.59 Å². The fourth-order valence-corrected chi connectivity index (χ4v) is 3.79. The number of likely N-dealkylation sites (N-methyl/N-ethyl adjacent to an activating group) is 1. The van der Waals surface area contributed by atoms with Gasteiger partial charge in [-0.2, -0.15) is 0 Å². The highest BCUT2D eigenvalue weighted by Gasteiger charge is 2.25. The predicted octanol–water partition coefficient (Wildman–Crippen LogP) is 4.51. The Morgan fingerprint density at radius 2 is 1.49 bits per heavy atom. The molecule has 0 heterocycles. The molecule has 0 saturated heterocycles. The van der Waals surface area contributed by atoms with Crippen LogP contribution in [0.2, 0.25) is 0 Å². The second-order valence-electron chi connectivity index (χ2n) is 11.1. The smallest absolute Gasteiger partial charge is 0.408 e. The van der Waals surface area contributed by atoms with Crippen molar-refractivity contribution in [1.29, 1.82) is 0 Å². The molecule has 10 nitrogen and oxygen atoms in total. The largest absolute Gasteiger partial charge is 0.445 e. The maximum atomic E-state index is 13.5. The van der Waals surface area contributed by atoms with E-state index in [-0.39, 0.29) is 25.5 Å². The Morgan fingerprint density at radius 3 is 2.09 bits per heavy atom. The summed E-state index contributed by atoms with van der Waals surface area (Å²) in [6.07, 6.45) is 6.38. The number of rotatable bonds is 14. The first-order valence-corrected chi connectivity index (χ1v) is 14.3. The van der Waals surface area contributed by atoms with Crippen molar-refractivity contribution in [3.8, 4) is 0 Å². The van der Waals surface area contributed by atoms with Gasteiger partial charge in [-0.1, -0.05) is 78.9 Å². The van der Waals surface area contributed by atoms with Gasteiger partial charge in [-0.15, -0.1) is 0 Å². The van der Waals surface area contributed by atoms with Gasteiger partial charge < -0.3 is 30.3 Å². The summed E-state index contributed by atoms with van der Waals surface area (Å²) in [6, 6.07) is 17.6. The molecule has 0 aliphatic rings. The van der Waals surface area contributed by atoms with E-state index in [1.807, 2.05) is 60.7 Å². The van der Waals surface area contributed by atoms with Gasteiger partial charge in [0.25, 0.3) is 0 Å².